The van der Waals surface area contributed by atoms with E-state index >= 15 is 0 Å². The molecule has 0 aromatic rings. The third kappa shape index (κ3) is 6200. The quantitative estimate of drug-likeness (QED) is 0.278. The normalized spacial score (nSPS) is 15.5. The van der Waals surface area contributed by atoms with Crippen LogP contribution in [-0.2, 0) is 32.7 Å². The smallest absolute Gasteiger partial charge is 0.276 e. The molecule has 0 fully saturated rings. The Balaban J connectivity index is -0.000000142. The molecule has 75 valence electrons. The second kappa shape index (κ2) is 3.63. The van der Waals surface area contributed by atoms with Crippen molar-refractivity contribution in [3.05, 3.63) is 0 Å². The van der Waals surface area contributed by atoms with Crippen molar-refractivity contribution >= 4 is 13.8 Å². The molecule has 0 saturated carbocycles. The van der Waals surface area contributed by atoms with Crippen LogP contribution in [0.5, 0.6) is 0 Å². The van der Waals surface area contributed by atoms with Crippen molar-refractivity contribution in [3.8, 4) is 0 Å². The van der Waals surface area contributed by atoms with Gasteiger partial charge in [0.1, 0.15) is 0 Å². The van der Waals surface area contributed by atoms with Crippen LogP contribution < -0.4 is 5.73 Å². The van der Waals surface area contributed by atoms with Gasteiger partial charge < -0.3 is 10.8 Å². The number of aliphatic hydroxyl groups excluding tert-OH is 1. The Morgan fingerprint density at radius 2 is 1.08 bits per heavy atom. The Hall–Kier alpha value is 0.384. The van der Waals surface area contributed by atoms with Gasteiger partial charge in [0, 0.05) is 32.7 Å². The fraction of sp³-hybridized carbons (Fsp3) is 0. The number of hydrogen-bond donors (Lipinski definition) is 3. The molecule has 0 bridgehead atoms. The van der Waals surface area contributed by atoms with Crippen LogP contribution in [0, 0.1) is 5.41 Å². The first-order chi connectivity index (χ1) is 4.18. The number of amidine groups is 1. The summed E-state index contributed by atoms with van der Waals surface area (Å²) < 4.78 is 59.2. The third-order valence-electron chi connectivity index (χ3n) is 0. The summed E-state index contributed by atoms with van der Waals surface area (Å²) in [7, 11) is -10.7. The molecular formula is CH4F6N2OPY-. The van der Waals surface area contributed by atoms with Crippen LogP contribution in [0.25, 0.3) is 0 Å². The molecule has 0 unspecified atom stereocenters. The van der Waals surface area contributed by atoms with Crippen LogP contribution in [0.1, 0.15) is 0 Å². The van der Waals surface area contributed by atoms with E-state index in [1.54, 1.807) is 0 Å². The molecule has 0 aliphatic rings. The van der Waals surface area contributed by atoms with Crippen molar-refractivity contribution in [1.82, 2.24) is 0 Å². The molecule has 0 aliphatic carbocycles. The molecule has 0 amide bonds. The topological polar surface area (TPSA) is 70.1 Å². The van der Waals surface area contributed by atoms with E-state index in [1.165, 1.54) is 0 Å². The molecular weight excluding hydrogens is 290 g/mol. The number of halogens is 6. The van der Waals surface area contributed by atoms with E-state index in [4.69, 9.17) is 10.5 Å². The summed E-state index contributed by atoms with van der Waals surface area (Å²) in [4.78, 5) is 0. The van der Waals surface area contributed by atoms with E-state index in [2.05, 4.69) is 5.73 Å². The maximum Gasteiger partial charge on any atom is 0.276 e. The first kappa shape index (κ1) is 18.2. The minimum atomic E-state index is -10.7. The van der Waals surface area contributed by atoms with E-state index < -0.39 is 13.8 Å². The van der Waals surface area contributed by atoms with Crippen molar-refractivity contribution in [2.45, 2.75) is 0 Å². The van der Waals surface area contributed by atoms with Crippen LogP contribution in [0.2, 0.25) is 0 Å². The number of aliphatic hydroxyl groups is 1. The summed E-state index contributed by atoms with van der Waals surface area (Å²) in [5.41, 5.74) is 4.25. The molecule has 0 atom stereocenters. The maximum absolute atomic E-state index is 10.7. The summed E-state index contributed by atoms with van der Waals surface area (Å²) in [6.45, 7) is 0. The van der Waals surface area contributed by atoms with Gasteiger partial charge in [0.25, 0.3) is 6.02 Å². The van der Waals surface area contributed by atoms with Gasteiger partial charge in [0.2, 0.25) is 0 Å². The zero-order chi connectivity index (χ0) is 9.99. The molecule has 0 heterocycles. The average molecular weight is 294 g/mol. The molecule has 0 aromatic heterocycles. The van der Waals surface area contributed by atoms with Crippen LogP contribution in [-0.4, -0.2) is 11.1 Å². The summed E-state index contributed by atoms with van der Waals surface area (Å²) >= 11 is 0. The van der Waals surface area contributed by atoms with Gasteiger partial charge >= 0.3 is 33.0 Å². The second-order valence-electron chi connectivity index (χ2n) is 1.34. The molecule has 0 spiro atoms. The minimum absolute atomic E-state index is 0. The number of nitrogens with one attached hydrogen (secondary N) is 1. The molecule has 3 nitrogen and oxygen atoms in total. The Labute approximate surface area is 87.9 Å². The van der Waals surface area contributed by atoms with Crippen molar-refractivity contribution in [2.24, 2.45) is 5.73 Å². The van der Waals surface area contributed by atoms with Crippen molar-refractivity contribution in [1.29, 1.82) is 5.41 Å². The Bertz CT molecular complexity index is 143. The van der Waals surface area contributed by atoms with Gasteiger partial charge in [-0.3, -0.25) is 5.41 Å². The number of hydrogen-bond acceptors (Lipinski definition) is 1. The van der Waals surface area contributed by atoms with Crippen molar-refractivity contribution < 1.29 is 63.0 Å². The third-order valence-corrected chi connectivity index (χ3v) is 0. The molecule has 0 aromatic carbocycles. The largest absolute Gasteiger partial charge is 0.481 e. The Morgan fingerprint density at radius 3 is 1.08 bits per heavy atom. The second-order valence-corrected chi connectivity index (χ2v) is 3.26. The predicted octanol–water partition coefficient (Wildman–Crippen LogP) is 2.82. The van der Waals surface area contributed by atoms with Gasteiger partial charge in [0.05, 0.1) is 0 Å². The maximum atomic E-state index is 9.87. The fourth-order valence-corrected chi connectivity index (χ4v) is 0. The van der Waals surface area contributed by atoms with Gasteiger partial charge in [-0.25, -0.2) is 0 Å². The van der Waals surface area contributed by atoms with Gasteiger partial charge in [-0.2, -0.15) is 0 Å². The minimum Gasteiger partial charge on any atom is -0.481 e. The molecule has 0 aliphatic heterocycles. The van der Waals surface area contributed by atoms with E-state index in [9.17, 15) is 25.2 Å². The zero-order valence-electron chi connectivity index (χ0n) is 5.32. The van der Waals surface area contributed by atoms with E-state index in [-0.39, 0.29) is 32.7 Å². The van der Waals surface area contributed by atoms with E-state index in [0.29, 0.717) is 0 Å². The van der Waals surface area contributed by atoms with Crippen LogP contribution in [0.3, 0.4) is 0 Å². The number of nitrogens with two attached hydrogens (primary N) is 1. The van der Waals surface area contributed by atoms with E-state index in [0.717, 1.165) is 0 Å². The van der Waals surface area contributed by atoms with Crippen LogP contribution in [0.15, 0.2) is 0 Å². The average Bonchev–Trinajstić information content (AvgIpc) is 1.11. The van der Waals surface area contributed by atoms with Crippen LogP contribution in [0.4, 0.5) is 25.2 Å². The SMILES string of the molecule is F[P-](F)(F)(F)(F)F.N=C(N)O.[Y]. The van der Waals surface area contributed by atoms with Gasteiger partial charge in [-0.05, 0) is 0 Å². The fourth-order valence-electron chi connectivity index (χ4n) is 0. The van der Waals surface area contributed by atoms with Gasteiger partial charge in [-0.15, -0.1) is 0 Å². The summed E-state index contributed by atoms with van der Waals surface area (Å²) in [5, 5.41) is 13.2. The standard InChI is InChI=1S/CH4N2O.F6P.Y/c2-1(3)4;1-7(2,3,4,5)6;/h(H4,2,3,4);;/q;-1;. The van der Waals surface area contributed by atoms with Crippen LogP contribution >= 0.6 is 7.81 Å². The molecule has 12 heavy (non-hydrogen) atoms. The monoisotopic (exact) mass is 294 g/mol. The molecule has 11 heteroatoms. The molecule has 0 rings (SSSR count). The Kier molecular flexibility index (Phi) is 5.52. The summed E-state index contributed by atoms with van der Waals surface area (Å²) in [6, 6.07) is -0.833. The molecule has 0 saturated heterocycles. The first-order valence-electron chi connectivity index (χ1n) is 1.78. The predicted molar refractivity (Wildman–Crippen MR) is 28.1 cm³/mol. The van der Waals surface area contributed by atoms with Crippen molar-refractivity contribution in [2.75, 3.05) is 0 Å². The van der Waals surface area contributed by atoms with Gasteiger partial charge in [0.15, 0.2) is 0 Å². The molecule has 1 radical (unpaired) electrons. The first-order valence-corrected chi connectivity index (χ1v) is 3.80. The zero-order valence-corrected chi connectivity index (χ0v) is 9.05. The van der Waals surface area contributed by atoms with E-state index in [1.807, 2.05) is 0 Å². The number of rotatable bonds is 0. The van der Waals surface area contributed by atoms with Crippen molar-refractivity contribution in [3.63, 3.8) is 0 Å². The summed E-state index contributed by atoms with van der Waals surface area (Å²) in [6.07, 6.45) is 0. The molecule has 4 N–H and O–H groups in total. The Morgan fingerprint density at radius 1 is 1.08 bits per heavy atom. The van der Waals surface area contributed by atoms with Gasteiger partial charge in [-0.1, -0.05) is 0 Å². The summed E-state index contributed by atoms with van der Waals surface area (Å²) in [5.74, 6) is 0.